The molecule has 1 aromatic carbocycles. The first-order valence-corrected chi connectivity index (χ1v) is 5.98. The molecule has 0 aliphatic rings. The third kappa shape index (κ3) is 2.41. The number of hydrogen-bond acceptors (Lipinski definition) is 5. The SMILES string of the molecule is COc1ccc(-c2onc(C(=O)O)c2Br)c(OC)c1. The van der Waals surface area contributed by atoms with Crippen LogP contribution in [0.25, 0.3) is 11.3 Å². The molecule has 1 heterocycles. The predicted molar refractivity (Wildman–Crippen MR) is 69.7 cm³/mol. The van der Waals surface area contributed by atoms with Crippen LogP contribution in [0.3, 0.4) is 0 Å². The van der Waals surface area contributed by atoms with E-state index in [0.717, 1.165) is 0 Å². The van der Waals surface area contributed by atoms with Crippen LogP contribution in [0.15, 0.2) is 27.2 Å². The molecule has 100 valence electrons. The minimum Gasteiger partial charge on any atom is -0.497 e. The Morgan fingerprint density at radius 2 is 2.11 bits per heavy atom. The number of benzene rings is 1. The molecule has 1 N–H and O–H groups in total. The first kappa shape index (κ1) is 13.4. The first-order valence-electron chi connectivity index (χ1n) is 5.19. The van der Waals surface area contributed by atoms with Gasteiger partial charge in [0.1, 0.15) is 16.0 Å². The lowest BCUT2D eigenvalue weighted by atomic mass is 10.1. The lowest BCUT2D eigenvalue weighted by Gasteiger charge is -2.08. The molecule has 0 atom stereocenters. The van der Waals surface area contributed by atoms with Crippen molar-refractivity contribution < 1.29 is 23.9 Å². The van der Waals surface area contributed by atoms with Crippen molar-refractivity contribution in [3.8, 4) is 22.8 Å². The Morgan fingerprint density at radius 3 is 2.63 bits per heavy atom. The van der Waals surface area contributed by atoms with Crippen LogP contribution in [0.1, 0.15) is 10.5 Å². The summed E-state index contributed by atoms with van der Waals surface area (Å²) in [6.07, 6.45) is 0. The van der Waals surface area contributed by atoms with Gasteiger partial charge in [-0.05, 0) is 28.1 Å². The maximum atomic E-state index is 10.9. The lowest BCUT2D eigenvalue weighted by Crippen LogP contribution is -1.96. The number of ether oxygens (including phenoxy) is 2. The Hall–Kier alpha value is -2.02. The summed E-state index contributed by atoms with van der Waals surface area (Å²) in [4.78, 5) is 10.9. The van der Waals surface area contributed by atoms with E-state index < -0.39 is 5.97 Å². The minimum atomic E-state index is -1.17. The molecule has 0 aliphatic carbocycles. The Morgan fingerprint density at radius 1 is 1.37 bits per heavy atom. The molecule has 0 radical (unpaired) electrons. The summed E-state index contributed by atoms with van der Waals surface area (Å²) in [5.41, 5.74) is 0.392. The number of carbonyl (C=O) groups is 1. The molecule has 0 aliphatic heterocycles. The molecule has 0 spiro atoms. The van der Waals surface area contributed by atoms with E-state index in [9.17, 15) is 4.79 Å². The predicted octanol–water partition coefficient (Wildman–Crippen LogP) is 2.82. The summed E-state index contributed by atoms with van der Waals surface area (Å²) in [5, 5.41) is 12.4. The number of carboxylic acids is 1. The van der Waals surface area contributed by atoms with Gasteiger partial charge in [0.15, 0.2) is 5.76 Å². The van der Waals surface area contributed by atoms with Crippen LogP contribution in [0.2, 0.25) is 0 Å². The van der Waals surface area contributed by atoms with Crippen LogP contribution in [-0.4, -0.2) is 30.5 Å². The fourth-order valence-corrected chi connectivity index (χ4v) is 2.09. The van der Waals surface area contributed by atoms with Crippen LogP contribution in [0.4, 0.5) is 0 Å². The van der Waals surface area contributed by atoms with Crippen LogP contribution in [0.5, 0.6) is 11.5 Å². The normalized spacial score (nSPS) is 10.3. The van der Waals surface area contributed by atoms with Crippen LogP contribution in [0, 0.1) is 0 Å². The van der Waals surface area contributed by atoms with Crippen molar-refractivity contribution in [2.75, 3.05) is 14.2 Å². The standard InChI is InChI=1S/C12H10BrNO5/c1-17-6-3-4-7(8(5-6)18-2)11-9(13)10(12(15)16)14-19-11/h3-5H,1-2H3,(H,15,16). The summed E-state index contributed by atoms with van der Waals surface area (Å²) in [6, 6.07) is 5.09. The molecule has 0 fully saturated rings. The first-order chi connectivity index (χ1) is 9.08. The number of carboxylic acid groups (broad SMARTS) is 1. The molecule has 6 nitrogen and oxygen atoms in total. The molecule has 0 unspecified atom stereocenters. The average molecular weight is 328 g/mol. The van der Waals surface area contributed by atoms with Gasteiger partial charge in [-0.15, -0.1) is 0 Å². The highest BCUT2D eigenvalue weighted by Gasteiger charge is 2.22. The number of aromatic carboxylic acids is 1. The van der Waals surface area contributed by atoms with Gasteiger partial charge >= 0.3 is 5.97 Å². The number of hydrogen-bond donors (Lipinski definition) is 1. The highest BCUT2D eigenvalue weighted by Crippen LogP contribution is 2.38. The van der Waals surface area contributed by atoms with Gasteiger partial charge in [0.2, 0.25) is 5.69 Å². The molecule has 1 aromatic heterocycles. The van der Waals surface area contributed by atoms with Crippen molar-refractivity contribution in [2.24, 2.45) is 0 Å². The van der Waals surface area contributed by atoms with Gasteiger partial charge < -0.3 is 19.1 Å². The zero-order valence-electron chi connectivity index (χ0n) is 10.1. The molecule has 19 heavy (non-hydrogen) atoms. The summed E-state index contributed by atoms with van der Waals surface area (Å²) in [5.74, 6) is 0.231. The minimum absolute atomic E-state index is 0.187. The Kier molecular flexibility index (Phi) is 3.75. The number of halogens is 1. The zero-order valence-corrected chi connectivity index (χ0v) is 11.7. The lowest BCUT2D eigenvalue weighted by molar-refractivity contribution is 0.0685. The third-order valence-corrected chi connectivity index (χ3v) is 3.23. The van der Waals surface area contributed by atoms with E-state index in [1.54, 1.807) is 25.3 Å². The molecule has 7 heteroatoms. The van der Waals surface area contributed by atoms with Crippen molar-refractivity contribution in [1.29, 1.82) is 0 Å². The molecule has 0 amide bonds. The van der Waals surface area contributed by atoms with Crippen LogP contribution < -0.4 is 9.47 Å². The largest absolute Gasteiger partial charge is 0.497 e. The molecular formula is C12H10BrNO5. The summed E-state index contributed by atoms with van der Waals surface area (Å²) in [6.45, 7) is 0. The molecule has 2 aromatic rings. The summed E-state index contributed by atoms with van der Waals surface area (Å²) < 4.78 is 15.6. The molecule has 0 saturated heterocycles. The van der Waals surface area contributed by atoms with E-state index in [-0.39, 0.29) is 15.9 Å². The van der Waals surface area contributed by atoms with Gasteiger partial charge in [0.05, 0.1) is 19.8 Å². The topological polar surface area (TPSA) is 81.8 Å². The van der Waals surface area contributed by atoms with E-state index >= 15 is 0 Å². The second-order valence-corrected chi connectivity index (χ2v) is 4.34. The Labute approximate surface area is 117 Å². The fourth-order valence-electron chi connectivity index (χ4n) is 1.57. The smallest absolute Gasteiger partial charge is 0.359 e. The second-order valence-electron chi connectivity index (χ2n) is 3.55. The average Bonchev–Trinajstić information content (AvgIpc) is 2.79. The van der Waals surface area contributed by atoms with Crippen LogP contribution in [-0.2, 0) is 0 Å². The van der Waals surface area contributed by atoms with Gasteiger partial charge in [0, 0.05) is 6.07 Å². The van der Waals surface area contributed by atoms with E-state index in [2.05, 4.69) is 21.1 Å². The van der Waals surface area contributed by atoms with Crippen molar-refractivity contribution >= 4 is 21.9 Å². The highest BCUT2D eigenvalue weighted by molar-refractivity contribution is 9.10. The monoisotopic (exact) mass is 327 g/mol. The highest BCUT2D eigenvalue weighted by atomic mass is 79.9. The summed E-state index contributed by atoms with van der Waals surface area (Å²) in [7, 11) is 3.04. The Balaban J connectivity index is 2.55. The fraction of sp³-hybridized carbons (Fsp3) is 0.167. The van der Waals surface area contributed by atoms with E-state index in [0.29, 0.717) is 17.1 Å². The van der Waals surface area contributed by atoms with E-state index in [1.807, 2.05) is 0 Å². The Bertz CT molecular complexity index is 623. The zero-order chi connectivity index (χ0) is 14.0. The van der Waals surface area contributed by atoms with Gasteiger partial charge in [-0.3, -0.25) is 0 Å². The van der Waals surface area contributed by atoms with E-state index in [4.69, 9.17) is 19.1 Å². The second kappa shape index (κ2) is 5.31. The molecule has 2 rings (SSSR count). The number of methoxy groups -OCH3 is 2. The van der Waals surface area contributed by atoms with Gasteiger partial charge in [0.25, 0.3) is 0 Å². The van der Waals surface area contributed by atoms with Gasteiger partial charge in [-0.1, -0.05) is 5.16 Å². The van der Waals surface area contributed by atoms with Crippen molar-refractivity contribution in [3.05, 3.63) is 28.4 Å². The maximum absolute atomic E-state index is 10.9. The van der Waals surface area contributed by atoms with Crippen LogP contribution >= 0.6 is 15.9 Å². The van der Waals surface area contributed by atoms with E-state index in [1.165, 1.54) is 7.11 Å². The van der Waals surface area contributed by atoms with Gasteiger partial charge in [-0.25, -0.2) is 4.79 Å². The quantitative estimate of drug-likeness (QED) is 0.929. The van der Waals surface area contributed by atoms with Crippen molar-refractivity contribution in [1.82, 2.24) is 5.16 Å². The van der Waals surface area contributed by atoms with Crippen molar-refractivity contribution in [3.63, 3.8) is 0 Å². The van der Waals surface area contributed by atoms with Crippen molar-refractivity contribution in [2.45, 2.75) is 0 Å². The maximum Gasteiger partial charge on any atom is 0.359 e. The number of aromatic nitrogens is 1. The molecular weight excluding hydrogens is 318 g/mol. The summed E-state index contributed by atoms with van der Waals surface area (Å²) >= 11 is 3.16. The van der Waals surface area contributed by atoms with Gasteiger partial charge in [-0.2, -0.15) is 0 Å². The molecule has 0 saturated carbocycles. The number of nitrogens with zero attached hydrogens (tertiary/aromatic N) is 1. The number of rotatable bonds is 4. The third-order valence-electron chi connectivity index (χ3n) is 2.49. The molecule has 0 bridgehead atoms.